The fraction of sp³-hybridized carbons (Fsp3) is 0.462. The maximum absolute atomic E-state index is 13.8. The van der Waals surface area contributed by atoms with Gasteiger partial charge >= 0.3 is 0 Å². The number of likely N-dealkylation sites (tertiary alicyclic amines) is 1. The Morgan fingerprint density at radius 1 is 1.08 bits per heavy atom. The Bertz CT molecular complexity index is 1210. The van der Waals surface area contributed by atoms with Crippen LogP contribution in [0.5, 0.6) is 0 Å². The number of rotatable bonds is 6. The molecular weight excluding hydrogens is 466 g/mol. The number of amides is 1. The van der Waals surface area contributed by atoms with Gasteiger partial charge in [-0.2, -0.15) is 0 Å². The van der Waals surface area contributed by atoms with Crippen LogP contribution in [0.15, 0.2) is 42.7 Å². The molecule has 0 aliphatic carbocycles. The molecule has 8 nitrogen and oxygen atoms in total. The van der Waals surface area contributed by atoms with Gasteiger partial charge in [-0.1, -0.05) is 6.07 Å². The van der Waals surface area contributed by atoms with Crippen molar-refractivity contribution in [1.82, 2.24) is 25.2 Å². The number of ether oxygens (including phenoxy) is 1. The van der Waals surface area contributed by atoms with Gasteiger partial charge in [0.05, 0.1) is 24.8 Å². The third-order valence-electron chi connectivity index (χ3n) is 6.91. The molecule has 2 aromatic heterocycles. The summed E-state index contributed by atoms with van der Waals surface area (Å²) in [4.78, 5) is 30.8. The molecule has 5 rings (SSSR count). The number of halogens is 2. The molecule has 2 saturated heterocycles. The molecule has 2 fully saturated rings. The van der Waals surface area contributed by atoms with Crippen LogP contribution in [0.3, 0.4) is 0 Å². The second-order valence-corrected chi connectivity index (χ2v) is 9.32. The standard InChI is InChI=1S/C26H30F2N6O2/c1-18-29-15-19(16-30-18)23(33-9-7-26(27,28)8-10-33)17-31-25(35)21-3-2-4-22-20(21)5-6-24(32-22)34-11-13-36-14-12-34/h2-6,15-16,23H,7-14,17H2,1H3,(H,31,35). The lowest BCUT2D eigenvalue weighted by Gasteiger charge is -2.37. The van der Waals surface area contributed by atoms with E-state index >= 15 is 0 Å². The summed E-state index contributed by atoms with van der Waals surface area (Å²) in [5, 5.41) is 3.79. The first-order chi connectivity index (χ1) is 17.4. The van der Waals surface area contributed by atoms with Crippen LogP contribution in [-0.2, 0) is 4.74 Å². The number of anilines is 1. The summed E-state index contributed by atoms with van der Waals surface area (Å²) in [5.41, 5.74) is 2.06. The van der Waals surface area contributed by atoms with Crippen LogP contribution in [0, 0.1) is 6.92 Å². The molecule has 0 bridgehead atoms. The highest BCUT2D eigenvalue weighted by Gasteiger charge is 2.37. The minimum atomic E-state index is -2.65. The summed E-state index contributed by atoms with van der Waals surface area (Å²) < 4.78 is 33.0. The summed E-state index contributed by atoms with van der Waals surface area (Å²) in [7, 11) is 0. The van der Waals surface area contributed by atoms with Crippen LogP contribution in [-0.4, -0.2) is 77.6 Å². The number of alkyl halides is 2. The molecule has 1 N–H and O–H groups in total. The number of hydrogen-bond acceptors (Lipinski definition) is 7. The minimum Gasteiger partial charge on any atom is -0.378 e. The number of fused-ring (bicyclic) bond motifs is 1. The molecule has 1 amide bonds. The van der Waals surface area contributed by atoms with Gasteiger partial charge in [0, 0.05) is 74.5 Å². The summed E-state index contributed by atoms with van der Waals surface area (Å²) in [6.07, 6.45) is 3.01. The molecule has 2 aliphatic rings. The quantitative estimate of drug-likeness (QED) is 0.560. The van der Waals surface area contributed by atoms with Crippen molar-refractivity contribution < 1.29 is 18.3 Å². The summed E-state index contributed by atoms with van der Waals surface area (Å²) in [6.45, 7) is 5.44. The van der Waals surface area contributed by atoms with Gasteiger partial charge in [-0.15, -0.1) is 0 Å². The van der Waals surface area contributed by atoms with Gasteiger partial charge in [0.25, 0.3) is 11.8 Å². The largest absolute Gasteiger partial charge is 0.378 e. The fourth-order valence-corrected chi connectivity index (χ4v) is 4.79. The fourth-order valence-electron chi connectivity index (χ4n) is 4.79. The Balaban J connectivity index is 1.34. The van der Waals surface area contributed by atoms with E-state index in [0.717, 1.165) is 35.4 Å². The van der Waals surface area contributed by atoms with E-state index in [-0.39, 0.29) is 44.4 Å². The van der Waals surface area contributed by atoms with Crippen LogP contribution in [0.1, 0.15) is 40.6 Å². The topological polar surface area (TPSA) is 83.5 Å². The summed E-state index contributed by atoms with van der Waals surface area (Å²) in [6, 6.07) is 9.07. The van der Waals surface area contributed by atoms with Crippen LogP contribution >= 0.6 is 0 Å². The molecule has 2 aliphatic heterocycles. The van der Waals surface area contributed by atoms with Crippen molar-refractivity contribution in [3.05, 3.63) is 59.7 Å². The number of benzene rings is 1. The van der Waals surface area contributed by atoms with E-state index in [1.165, 1.54) is 0 Å². The number of nitrogens with one attached hydrogen (secondary N) is 1. The van der Waals surface area contributed by atoms with Gasteiger partial charge in [-0.3, -0.25) is 9.69 Å². The van der Waals surface area contributed by atoms with Gasteiger partial charge in [-0.05, 0) is 31.2 Å². The Kier molecular flexibility index (Phi) is 7.06. The number of pyridine rings is 1. The van der Waals surface area contributed by atoms with Gasteiger partial charge in [0.2, 0.25) is 0 Å². The van der Waals surface area contributed by atoms with Gasteiger partial charge < -0.3 is 15.0 Å². The average Bonchev–Trinajstić information content (AvgIpc) is 2.90. The van der Waals surface area contributed by atoms with Gasteiger partial charge in [0.1, 0.15) is 11.6 Å². The minimum absolute atomic E-state index is 0.204. The molecule has 3 aromatic rings. The lowest BCUT2D eigenvalue weighted by Crippen LogP contribution is -2.45. The van der Waals surface area contributed by atoms with E-state index < -0.39 is 5.92 Å². The number of nitrogens with zero attached hydrogens (tertiary/aromatic N) is 5. The molecule has 1 aromatic carbocycles. The second kappa shape index (κ2) is 10.4. The number of carbonyl (C=O) groups excluding carboxylic acids is 1. The zero-order chi connectivity index (χ0) is 25.1. The van der Waals surface area contributed by atoms with Crippen molar-refractivity contribution >= 4 is 22.6 Å². The van der Waals surface area contributed by atoms with Crippen molar-refractivity contribution in [2.45, 2.75) is 31.7 Å². The normalized spacial score (nSPS) is 19.2. The number of aryl methyl sites for hydroxylation is 1. The number of hydrogen-bond donors (Lipinski definition) is 1. The number of carbonyl (C=O) groups is 1. The third kappa shape index (κ3) is 5.44. The Morgan fingerprint density at radius 3 is 2.53 bits per heavy atom. The first-order valence-electron chi connectivity index (χ1n) is 12.3. The van der Waals surface area contributed by atoms with Crippen molar-refractivity contribution in [3.63, 3.8) is 0 Å². The van der Waals surface area contributed by atoms with E-state index in [4.69, 9.17) is 9.72 Å². The molecule has 0 spiro atoms. The van der Waals surface area contributed by atoms with Crippen LogP contribution in [0.25, 0.3) is 10.9 Å². The lowest BCUT2D eigenvalue weighted by atomic mass is 10.0. The monoisotopic (exact) mass is 496 g/mol. The number of aromatic nitrogens is 3. The molecule has 10 heteroatoms. The Hall–Kier alpha value is -3.24. The molecule has 4 heterocycles. The highest BCUT2D eigenvalue weighted by atomic mass is 19.3. The van der Waals surface area contributed by atoms with Crippen molar-refractivity contribution in [2.75, 3.05) is 50.8 Å². The van der Waals surface area contributed by atoms with Crippen LogP contribution in [0.2, 0.25) is 0 Å². The molecule has 36 heavy (non-hydrogen) atoms. The molecule has 1 unspecified atom stereocenters. The summed E-state index contributed by atoms with van der Waals surface area (Å²) in [5.74, 6) is -1.39. The highest BCUT2D eigenvalue weighted by molar-refractivity contribution is 6.06. The maximum atomic E-state index is 13.8. The third-order valence-corrected chi connectivity index (χ3v) is 6.91. The molecule has 0 radical (unpaired) electrons. The Labute approximate surface area is 208 Å². The smallest absolute Gasteiger partial charge is 0.252 e. The van der Waals surface area contributed by atoms with E-state index in [2.05, 4.69) is 20.2 Å². The Morgan fingerprint density at radius 2 is 1.81 bits per heavy atom. The number of morpholine rings is 1. The zero-order valence-corrected chi connectivity index (χ0v) is 20.3. The zero-order valence-electron chi connectivity index (χ0n) is 20.3. The SMILES string of the molecule is Cc1ncc(C(CNC(=O)c2cccc3nc(N4CCOCC4)ccc23)N2CCC(F)(F)CC2)cn1. The lowest BCUT2D eigenvalue weighted by molar-refractivity contribution is -0.0632. The highest BCUT2D eigenvalue weighted by Crippen LogP contribution is 2.32. The van der Waals surface area contributed by atoms with Crippen molar-refractivity contribution in [1.29, 1.82) is 0 Å². The van der Waals surface area contributed by atoms with Gasteiger partial charge in [-0.25, -0.2) is 23.7 Å². The summed E-state index contributed by atoms with van der Waals surface area (Å²) >= 11 is 0. The van der Waals surface area contributed by atoms with Crippen molar-refractivity contribution in [3.8, 4) is 0 Å². The van der Waals surface area contributed by atoms with Crippen LogP contribution in [0.4, 0.5) is 14.6 Å². The first kappa shape index (κ1) is 24.5. The molecular formula is C26H30F2N6O2. The predicted molar refractivity (Wildman–Crippen MR) is 132 cm³/mol. The van der Waals surface area contributed by atoms with E-state index in [9.17, 15) is 13.6 Å². The van der Waals surface area contributed by atoms with E-state index in [0.29, 0.717) is 24.6 Å². The maximum Gasteiger partial charge on any atom is 0.252 e. The molecule has 0 saturated carbocycles. The number of piperidine rings is 1. The van der Waals surface area contributed by atoms with Gasteiger partial charge in [0.15, 0.2) is 0 Å². The van der Waals surface area contributed by atoms with E-state index in [1.54, 1.807) is 25.4 Å². The average molecular weight is 497 g/mol. The molecule has 1 atom stereocenters. The first-order valence-corrected chi connectivity index (χ1v) is 12.3. The second-order valence-electron chi connectivity index (χ2n) is 9.32. The van der Waals surface area contributed by atoms with Crippen molar-refractivity contribution in [2.24, 2.45) is 0 Å². The van der Waals surface area contributed by atoms with E-state index in [1.807, 2.05) is 29.2 Å². The molecule has 190 valence electrons. The predicted octanol–water partition coefficient (Wildman–Crippen LogP) is 3.37. The van der Waals surface area contributed by atoms with Crippen LogP contribution < -0.4 is 10.2 Å².